The van der Waals surface area contributed by atoms with Crippen molar-refractivity contribution in [2.75, 3.05) is 6.61 Å². The van der Waals surface area contributed by atoms with Crippen molar-refractivity contribution in [3.63, 3.8) is 0 Å². The largest absolute Gasteiger partial charge is 0.394 e. The van der Waals surface area contributed by atoms with Crippen molar-refractivity contribution in [2.45, 2.75) is 13.5 Å². The molecule has 25 heavy (non-hydrogen) atoms. The summed E-state index contributed by atoms with van der Waals surface area (Å²) in [6.07, 6.45) is 0. The molecule has 0 aliphatic heterocycles. The van der Waals surface area contributed by atoms with E-state index >= 15 is 0 Å². The number of ketones is 1. The molecule has 0 aliphatic rings. The number of aliphatic hydroxyl groups excluding tert-OH is 1. The van der Waals surface area contributed by atoms with Crippen LogP contribution in [0.15, 0.2) is 28.7 Å². The summed E-state index contributed by atoms with van der Waals surface area (Å²) >= 11 is 3.34. The van der Waals surface area contributed by atoms with Gasteiger partial charge in [0.1, 0.15) is 0 Å². The fourth-order valence-electron chi connectivity index (χ4n) is 2.46. The molecule has 0 amide bonds. The fourth-order valence-corrected chi connectivity index (χ4v) is 2.86. The second-order valence-electron chi connectivity index (χ2n) is 5.23. The molecule has 0 spiro atoms. The number of carbonyl (C=O) groups is 1. The summed E-state index contributed by atoms with van der Waals surface area (Å²) < 4.78 is 0.782. The first-order valence-electron chi connectivity index (χ1n) is 7.34. The second kappa shape index (κ2) is 6.96. The number of rotatable bonds is 5. The Morgan fingerprint density at radius 2 is 2.28 bits per heavy atom. The van der Waals surface area contributed by atoms with E-state index in [1.165, 1.54) is 4.80 Å². The van der Waals surface area contributed by atoms with Crippen LogP contribution in [-0.4, -0.2) is 42.7 Å². The van der Waals surface area contributed by atoms with Gasteiger partial charge in [0.25, 0.3) is 0 Å². The van der Waals surface area contributed by atoms with E-state index in [-0.39, 0.29) is 30.6 Å². The van der Waals surface area contributed by atoms with Crippen molar-refractivity contribution in [3.8, 4) is 11.5 Å². The van der Waals surface area contributed by atoms with Gasteiger partial charge < -0.3 is 14.9 Å². The number of hydrogen-bond acceptors (Lipinski definition) is 5. The van der Waals surface area contributed by atoms with Crippen LogP contribution in [0.25, 0.3) is 16.4 Å². The molecular formula is C16H13BrN6O2. The number of benzene rings is 1. The van der Waals surface area contributed by atoms with Crippen LogP contribution >= 0.6 is 15.9 Å². The van der Waals surface area contributed by atoms with Crippen LogP contribution in [0.4, 0.5) is 5.82 Å². The van der Waals surface area contributed by atoms with Crippen LogP contribution < -0.4 is 0 Å². The first kappa shape index (κ1) is 17.0. The van der Waals surface area contributed by atoms with Gasteiger partial charge in [-0.1, -0.05) is 34.6 Å². The molecule has 0 fully saturated rings. The number of H-pyrrole nitrogens is 1. The van der Waals surface area contributed by atoms with Gasteiger partial charge in [0.05, 0.1) is 18.7 Å². The Labute approximate surface area is 151 Å². The summed E-state index contributed by atoms with van der Waals surface area (Å²) in [7, 11) is 0. The van der Waals surface area contributed by atoms with Crippen molar-refractivity contribution < 1.29 is 9.90 Å². The standard InChI is InChI=1S/C16H13BrN6O2/c1-9-12(14(25)10-4-3-5-11(17)8-10)15(18-2)19-13(9)16-20-22-23(21-16)6-7-24/h3-5,8,19,24H,6-7H2,1H3. The SMILES string of the molecule is [C-]#[N+]c1[nH]c(-c2nnn(CCO)n2)c(C)c1C(=O)c1cccc(Br)c1. The van der Waals surface area contributed by atoms with Gasteiger partial charge in [-0.05, 0) is 24.3 Å². The summed E-state index contributed by atoms with van der Waals surface area (Å²) in [5.74, 6) is 0.148. The summed E-state index contributed by atoms with van der Waals surface area (Å²) in [5, 5.41) is 20.8. The second-order valence-corrected chi connectivity index (χ2v) is 6.15. The van der Waals surface area contributed by atoms with Crippen molar-refractivity contribution in [2.24, 2.45) is 0 Å². The van der Waals surface area contributed by atoms with Crippen LogP contribution in [0.5, 0.6) is 0 Å². The van der Waals surface area contributed by atoms with E-state index in [0.29, 0.717) is 22.4 Å². The smallest absolute Gasteiger partial charge is 0.242 e. The van der Waals surface area contributed by atoms with E-state index in [1.54, 1.807) is 25.1 Å². The van der Waals surface area contributed by atoms with Crippen LogP contribution in [0.1, 0.15) is 21.5 Å². The maximum Gasteiger partial charge on any atom is 0.242 e. The summed E-state index contributed by atoms with van der Waals surface area (Å²) in [6, 6.07) is 6.99. The van der Waals surface area contributed by atoms with Gasteiger partial charge in [-0.2, -0.15) is 4.80 Å². The van der Waals surface area contributed by atoms with Crippen LogP contribution in [0, 0.1) is 13.5 Å². The van der Waals surface area contributed by atoms with Gasteiger partial charge in [0.15, 0.2) is 11.5 Å². The molecule has 126 valence electrons. The molecule has 3 aromatic rings. The topological polar surface area (TPSA) is 101 Å². The highest BCUT2D eigenvalue weighted by atomic mass is 79.9. The molecule has 8 nitrogen and oxygen atoms in total. The van der Waals surface area contributed by atoms with E-state index in [0.717, 1.165) is 4.47 Å². The number of nitrogens with zero attached hydrogens (tertiary/aromatic N) is 5. The van der Waals surface area contributed by atoms with Crippen molar-refractivity contribution in [3.05, 3.63) is 56.8 Å². The highest BCUT2D eigenvalue weighted by molar-refractivity contribution is 9.10. The highest BCUT2D eigenvalue weighted by Gasteiger charge is 2.25. The molecular weight excluding hydrogens is 388 g/mol. The summed E-state index contributed by atoms with van der Waals surface area (Å²) in [6.45, 7) is 9.20. The molecule has 0 saturated heterocycles. The lowest BCUT2D eigenvalue weighted by molar-refractivity contribution is 0.103. The number of aliphatic hydroxyl groups is 1. The Morgan fingerprint density at radius 3 is 2.96 bits per heavy atom. The number of aromatic nitrogens is 5. The normalized spacial score (nSPS) is 10.6. The number of nitrogens with one attached hydrogen (secondary N) is 1. The molecule has 0 bridgehead atoms. The number of tetrazole rings is 1. The van der Waals surface area contributed by atoms with Crippen LogP contribution in [0.2, 0.25) is 0 Å². The first-order valence-corrected chi connectivity index (χ1v) is 8.13. The van der Waals surface area contributed by atoms with Gasteiger partial charge in [0.2, 0.25) is 11.6 Å². The van der Waals surface area contributed by atoms with E-state index < -0.39 is 0 Å². The van der Waals surface area contributed by atoms with Crippen molar-refractivity contribution in [1.82, 2.24) is 25.2 Å². The Morgan fingerprint density at radius 1 is 1.48 bits per heavy atom. The van der Waals surface area contributed by atoms with Gasteiger partial charge in [-0.3, -0.25) is 4.79 Å². The first-order chi connectivity index (χ1) is 12.0. The lowest BCUT2D eigenvalue weighted by Gasteiger charge is -2.02. The molecule has 0 saturated carbocycles. The third-order valence-electron chi connectivity index (χ3n) is 3.63. The maximum atomic E-state index is 12.9. The Bertz CT molecular complexity index is 985. The minimum atomic E-state index is -0.255. The van der Waals surface area contributed by atoms with E-state index in [4.69, 9.17) is 11.7 Å². The highest BCUT2D eigenvalue weighted by Crippen LogP contribution is 2.32. The number of carbonyl (C=O) groups excluding carboxylic acids is 1. The zero-order valence-electron chi connectivity index (χ0n) is 13.2. The molecule has 3 rings (SSSR count). The fraction of sp³-hybridized carbons (Fsp3) is 0.188. The van der Waals surface area contributed by atoms with Gasteiger partial charge >= 0.3 is 0 Å². The Hall–Kier alpha value is -2.83. The molecule has 0 atom stereocenters. The monoisotopic (exact) mass is 400 g/mol. The third-order valence-corrected chi connectivity index (χ3v) is 4.13. The molecule has 0 unspecified atom stereocenters. The average molecular weight is 401 g/mol. The van der Waals surface area contributed by atoms with Crippen LogP contribution in [-0.2, 0) is 6.54 Å². The molecule has 2 heterocycles. The van der Waals surface area contributed by atoms with Crippen LogP contribution in [0.3, 0.4) is 0 Å². The number of hydrogen-bond donors (Lipinski definition) is 2. The molecule has 0 aliphatic carbocycles. The van der Waals surface area contributed by atoms with Gasteiger partial charge in [-0.15, -0.1) is 10.2 Å². The lowest BCUT2D eigenvalue weighted by Crippen LogP contribution is -2.05. The summed E-state index contributed by atoms with van der Waals surface area (Å²) in [5.41, 5.74) is 1.82. The maximum absolute atomic E-state index is 12.9. The van der Waals surface area contributed by atoms with Gasteiger partial charge in [0, 0.05) is 15.6 Å². The predicted octanol–water partition coefficient (Wildman–Crippen LogP) is 2.51. The molecule has 9 heteroatoms. The zero-order valence-corrected chi connectivity index (χ0v) is 14.8. The quantitative estimate of drug-likeness (QED) is 0.506. The lowest BCUT2D eigenvalue weighted by atomic mass is 10.0. The van der Waals surface area contributed by atoms with E-state index in [1.807, 2.05) is 6.07 Å². The zero-order chi connectivity index (χ0) is 18.0. The molecule has 0 radical (unpaired) electrons. The minimum absolute atomic E-state index is 0.112. The van der Waals surface area contributed by atoms with Crippen molar-refractivity contribution >= 4 is 27.5 Å². The van der Waals surface area contributed by atoms with Gasteiger partial charge in [-0.25, -0.2) is 0 Å². The predicted molar refractivity (Wildman–Crippen MR) is 93.3 cm³/mol. The third kappa shape index (κ3) is 3.22. The molecule has 1 aromatic carbocycles. The van der Waals surface area contributed by atoms with E-state index in [9.17, 15) is 4.79 Å². The number of aromatic amines is 1. The molecule has 2 N–H and O–H groups in total. The van der Waals surface area contributed by atoms with E-state index in [2.05, 4.69) is 41.2 Å². The number of halogens is 1. The van der Waals surface area contributed by atoms with Crippen molar-refractivity contribution in [1.29, 1.82) is 0 Å². The Kier molecular flexibility index (Phi) is 4.74. The minimum Gasteiger partial charge on any atom is -0.394 e. The average Bonchev–Trinajstić information content (AvgIpc) is 3.18. The molecule has 2 aromatic heterocycles. The Balaban J connectivity index is 2.07. The summed E-state index contributed by atoms with van der Waals surface area (Å²) in [4.78, 5) is 20.5.